The SMILES string of the molecule is COc1ccc(C2=C(C#N)SC3=NC(c4ccc(C)cc4)C=C(N)N32)cc1. The molecule has 0 fully saturated rings. The van der Waals surface area contributed by atoms with Gasteiger partial charge in [0.1, 0.15) is 22.5 Å². The van der Waals surface area contributed by atoms with Gasteiger partial charge in [0.25, 0.3) is 0 Å². The molecule has 134 valence electrons. The molecule has 2 aromatic carbocycles. The monoisotopic (exact) mass is 374 g/mol. The van der Waals surface area contributed by atoms with E-state index in [2.05, 4.69) is 37.3 Å². The molecule has 0 bridgehead atoms. The van der Waals surface area contributed by atoms with E-state index in [-0.39, 0.29) is 6.04 Å². The predicted molar refractivity (Wildman–Crippen MR) is 109 cm³/mol. The fourth-order valence-corrected chi connectivity index (χ4v) is 4.11. The highest BCUT2D eigenvalue weighted by Crippen LogP contribution is 2.44. The van der Waals surface area contributed by atoms with Gasteiger partial charge in [-0.25, -0.2) is 4.99 Å². The maximum atomic E-state index is 9.65. The molecule has 0 radical (unpaired) electrons. The summed E-state index contributed by atoms with van der Waals surface area (Å²) < 4.78 is 5.22. The molecular weight excluding hydrogens is 356 g/mol. The van der Waals surface area contributed by atoms with Gasteiger partial charge in [0.15, 0.2) is 5.17 Å². The molecule has 2 N–H and O–H groups in total. The maximum Gasteiger partial charge on any atom is 0.176 e. The topological polar surface area (TPSA) is 74.6 Å². The lowest BCUT2D eigenvalue weighted by atomic mass is 10.0. The van der Waals surface area contributed by atoms with Crippen molar-refractivity contribution in [3.05, 3.63) is 82.0 Å². The number of amidine groups is 1. The van der Waals surface area contributed by atoms with E-state index >= 15 is 0 Å². The van der Waals surface area contributed by atoms with Gasteiger partial charge in [0, 0.05) is 5.56 Å². The van der Waals surface area contributed by atoms with Crippen LogP contribution < -0.4 is 10.5 Å². The number of nitriles is 1. The number of benzene rings is 2. The van der Waals surface area contributed by atoms with Crippen LogP contribution in [-0.2, 0) is 0 Å². The standard InChI is InChI=1S/C21H18N4OS/c1-13-3-5-14(6-4-13)17-11-19(23)25-20(18(12-22)27-21(25)24-17)15-7-9-16(26-2)10-8-15/h3-11,17H,23H2,1-2H3. The highest BCUT2D eigenvalue weighted by atomic mass is 32.2. The fraction of sp³-hybridized carbons (Fsp3) is 0.143. The number of nitrogens with zero attached hydrogens (tertiary/aromatic N) is 3. The van der Waals surface area contributed by atoms with Gasteiger partial charge in [-0.3, -0.25) is 4.90 Å². The molecular formula is C21H18N4OS. The minimum Gasteiger partial charge on any atom is -0.497 e. The van der Waals surface area contributed by atoms with Gasteiger partial charge in [-0.05, 0) is 54.6 Å². The Balaban J connectivity index is 1.72. The van der Waals surface area contributed by atoms with E-state index in [1.165, 1.54) is 17.3 Å². The third-order valence-corrected chi connectivity index (χ3v) is 5.50. The van der Waals surface area contributed by atoms with E-state index in [9.17, 15) is 5.26 Å². The van der Waals surface area contributed by atoms with Crippen LogP contribution >= 0.6 is 11.8 Å². The van der Waals surface area contributed by atoms with Crippen LogP contribution in [0.25, 0.3) is 5.70 Å². The quantitative estimate of drug-likeness (QED) is 0.873. The van der Waals surface area contributed by atoms with Gasteiger partial charge >= 0.3 is 0 Å². The van der Waals surface area contributed by atoms with Crippen molar-refractivity contribution in [3.8, 4) is 11.8 Å². The summed E-state index contributed by atoms with van der Waals surface area (Å²) in [5.41, 5.74) is 10.3. The molecule has 1 atom stereocenters. The van der Waals surface area contributed by atoms with Crippen LogP contribution in [0, 0.1) is 18.3 Å². The molecule has 2 aliphatic heterocycles. The van der Waals surface area contributed by atoms with Crippen LogP contribution in [0.5, 0.6) is 5.75 Å². The Morgan fingerprint density at radius 3 is 2.48 bits per heavy atom. The summed E-state index contributed by atoms with van der Waals surface area (Å²) in [5, 5.41) is 10.4. The third-order valence-electron chi connectivity index (χ3n) is 4.54. The van der Waals surface area contributed by atoms with Crippen molar-refractivity contribution in [1.82, 2.24) is 4.90 Å². The second-order valence-electron chi connectivity index (χ2n) is 6.31. The Kier molecular flexibility index (Phi) is 4.38. The number of ether oxygens (including phenoxy) is 1. The lowest BCUT2D eigenvalue weighted by Crippen LogP contribution is -2.31. The number of aliphatic imine (C=N–C) groups is 1. The van der Waals surface area contributed by atoms with Gasteiger partial charge in [-0.2, -0.15) is 5.26 Å². The summed E-state index contributed by atoms with van der Waals surface area (Å²) >= 11 is 1.36. The third kappa shape index (κ3) is 3.07. The molecule has 0 spiro atoms. The molecule has 1 unspecified atom stereocenters. The molecule has 6 heteroatoms. The van der Waals surface area contributed by atoms with Gasteiger partial charge in [-0.15, -0.1) is 0 Å². The number of nitrogens with two attached hydrogens (primary N) is 1. The number of rotatable bonds is 3. The number of hydrogen-bond acceptors (Lipinski definition) is 6. The summed E-state index contributed by atoms with van der Waals surface area (Å²) in [4.78, 5) is 7.27. The van der Waals surface area contributed by atoms with E-state index in [1.54, 1.807) is 7.11 Å². The molecule has 0 aliphatic carbocycles. The van der Waals surface area contributed by atoms with Crippen LogP contribution in [0.3, 0.4) is 0 Å². The van der Waals surface area contributed by atoms with Crippen molar-refractivity contribution in [3.63, 3.8) is 0 Å². The van der Waals surface area contributed by atoms with E-state index in [0.29, 0.717) is 10.7 Å². The van der Waals surface area contributed by atoms with Crippen LogP contribution in [0.4, 0.5) is 0 Å². The van der Waals surface area contributed by atoms with Gasteiger partial charge in [-0.1, -0.05) is 29.8 Å². The maximum absolute atomic E-state index is 9.65. The first kappa shape index (κ1) is 17.3. The van der Waals surface area contributed by atoms with Crippen LogP contribution in [0.2, 0.25) is 0 Å². The Morgan fingerprint density at radius 1 is 1.15 bits per heavy atom. The molecule has 0 saturated heterocycles. The molecule has 2 aliphatic rings. The second-order valence-corrected chi connectivity index (χ2v) is 7.29. The van der Waals surface area contributed by atoms with Crippen LogP contribution in [0.15, 0.2) is 70.3 Å². The molecule has 0 saturated carbocycles. The van der Waals surface area contributed by atoms with Crippen molar-refractivity contribution in [2.75, 3.05) is 7.11 Å². The summed E-state index contributed by atoms with van der Waals surface area (Å²) in [5.74, 6) is 1.34. The highest BCUT2D eigenvalue weighted by Gasteiger charge is 2.35. The molecule has 5 nitrogen and oxygen atoms in total. The second kappa shape index (κ2) is 6.86. The Morgan fingerprint density at radius 2 is 1.85 bits per heavy atom. The number of methoxy groups -OCH3 is 1. The van der Waals surface area contributed by atoms with Crippen molar-refractivity contribution in [1.29, 1.82) is 5.26 Å². The first-order valence-corrected chi connectivity index (χ1v) is 9.31. The summed E-state index contributed by atoms with van der Waals surface area (Å²) in [6.07, 6.45) is 1.93. The van der Waals surface area contributed by atoms with Crippen molar-refractivity contribution in [2.24, 2.45) is 10.7 Å². The fourth-order valence-electron chi connectivity index (χ4n) is 3.12. The molecule has 0 amide bonds. The molecule has 2 aromatic rings. The lowest BCUT2D eigenvalue weighted by molar-refractivity contribution is 0.414. The van der Waals surface area contributed by atoms with E-state index in [4.69, 9.17) is 15.5 Å². The van der Waals surface area contributed by atoms with E-state index in [1.807, 2.05) is 35.2 Å². The Labute approximate surface area is 162 Å². The predicted octanol–water partition coefficient (Wildman–Crippen LogP) is 4.16. The zero-order valence-corrected chi connectivity index (χ0v) is 15.8. The molecule has 4 rings (SSSR count). The molecule has 27 heavy (non-hydrogen) atoms. The summed E-state index contributed by atoms with van der Waals surface area (Å²) in [7, 11) is 1.63. The average molecular weight is 374 g/mol. The lowest BCUT2D eigenvalue weighted by Gasteiger charge is -2.28. The van der Waals surface area contributed by atoms with E-state index < -0.39 is 0 Å². The smallest absolute Gasteiger partial charge is 0.176 e. The minimum absolute atomic E-state index is 0.153. The first-order chi connectivity index (χ1) is 13.1. The zero-order valence-electron chi connectivity index (χ0n) is 15.0. The Hall–Kier alpha value is -3.17. The van der Waals surface area contributed by atoms with Crippen LogP contribution in [0.1, 0.15) is 22.7 Å². The number of allylic oxidation sites excluding steroid dienone is 1. The van der Waals surface area contributed by atoms with Crippen LogP contribution in [-0.4, -0.2) is 17.2 Å². The summed E-state index contributed by atoms with van der Waals surface area (Å²) in [6.45, 7) is 2.06. The zero-order chi connectivity index (χ0) is 19.0. The van der Waals surface area contributed by atoms with Crippen molar-refractivity contribution < 1.29 is 4.74 Å². The molecule has 0 aromatic heterocycles. The Bertz CT molecular complexity index is 1010. The number of thioether (sulfide) groups is 1. The van der Waals surface area contributed by atoms with Gasteiger partial charge in [0.05, 0.1) is 18.8 Å². The normalized spacial score (nSPS) is 18.6. The number of aryl methyl sites for hydroxylation is 1. The number of hydrogen-bond donors (Lipinski definition) is 1. The molecule has 2 heterocycles. The van der Waals surface area contributed by atoms with Crippen molar-refractivity contribution >= 4 is 22.6 Å². The van der Waals surface area contributed by atoms with E-state index in [0.717, 1.165) is 27.7 Å². The average Bonchev–Trinajstić information content (AvgIpc) is 3.08. The first-order valence-electron chi connectivity index (χ1n) is 8.49. The largest absolute Gasteiger partial charge is 0.497 e. The van der Waals surface area contributed by atoms with Crippen molar-refractivity contribution in [2.45, 2.75) is 13.0 Å². The number of fused-ring (bicyclic) bond motifs is 1. The summed E-state index contributed by atoms with van der Waals surface area (Å²) in [6, 6.07) is 18.0. The minimum atomic E-state index is -0.153. The van der Waals surface area contributed by atoms with Gasteiger partial charge in [0.2, 0.25) is 0 Å². The van der Waals surface area contributed by atoms with Gasteiger partial charge < -0.3 is 10.5 Å². The highest BCUT2D eigenvalue weighted by molar-refractivity contribution is 8.18.